The number of benzene rings is 1. The lowest BCUT2D eigenvalue weighted by Crippen LogP contribution is -2.36. The number of hydrogen-bond donors (Lipinski definition) is 0. The highest BCUT2D eigenvalue weighted by Crippen LogP contribution is 2.20. The van der Waals surface area contributed by atoms with Crippen LogP contribution >= 0.6 is 15.9 Å². The molecule has 0 N–H and O–H groups in total. The Bertz CT molecular complexity index is 336. The molecule has 1 aliphatic rings. The molecule has 0 atom stereocenters. The van der Waals surface area contributed by atoms with Gasteiger partial charge in [0.25, 0.3) is 0 Å². The van der Waals surface area contributed by atoms with E-state index in [0.29, 0.717) is 6.04 Å². The Morgan fingerprint density at radius 1 is 1.31 bits per heavy atom. The molecule has 1 aromatic carbocycles. The van der Waals surface area contributed by atoms with Gasteiger partial charge in [0.2, 0.25) is 0 Å². The van der Waals surface area contributed by atoms with Crippen molar-refractivity contribution >= 4 is 15.9 Å². The summed E-state index contributed by atoms with van der Waals surface area (Å²) in [6, 6.07) is 9.10. The maximum atomic E-state index is 5.39. The van der Waals surface area contributed by atoms with Gasteiger partial charge in [-0.1, -0.05) is 34.1 Å². The van der Waals surface area contributed by atoms with Crippen molar-refractivity contribution in [3.05, 3.63) is 34.3 Å². The minimum atomic E-state index is 0.667. The zero-order valence-electron chi connectivity index (χ0n) is 9.66. The van der Waals surface area contributed by atoms with Gasteiger partial charge in [-0.05, 0) is 31.5 Å². The lowest BCUT2D eigenvalue weighted by atomic mass is 10.1. The van der Waals surface area contributed by atoms with Crippen LogP contribution in [0.2, 0.25) is 0 Å². The van der Waals surface area contributed by atoms with Gasteiger partial charge in [-0.2, -0.15) is 0 Å². The molecule has 1 aromatic rings. The van der Waals surface area contributed by atoms with Crippen molar-refractivity contribution in [2.75, 3.05) is 20.3 Å². The summed E-state index contributed by atoms with van der Waals surface area (Å²) in [5.41, 5.74) is 1.36. The molecule has 2 rings (SSSR count). The first-order valence-electron chi connectivity index (χ1n) is 5.79. The second-order valence-corrected chi connectivity index (χ2v) is 5.20. The van der Waals surface area contributed by atoms with Gasteiger partial charge in [-0.15, -0.1) is 0 Å². The van der Waals surface area contributed by atoms with Crippen LogP contribution in [0.4, 0.5) is 0 Å². The second kappa shape index (κ2) is 5.80. The van der Waals surface area contributed by atoms with E-state index in [-0.39, 0.29) is 0 Å². The molecule has 1 fully saturated rings. The third kappa shape index (κ3) is 3.06. The molecule has 3 heteroatoms. The van der Waals surface area contributed by atoms with Crippen LogP contribution in [-0.2, 0) is 11.3 Å². The maximum absolute atomic E-state index is 5.39. The molecular formula is C13H18BrNO. The normalized spacial score (nSPS) is 17.9. The van der Waals surface area contributed by atoms with E-state index in [9.17, 15) is 0 Å². The molecule has 0 amide bonds. The van der Waals surface area contributed by atoms with Crippen molar-refractivity contribution in [2.24, 2.45) is 0 Å². The quantitative estimate of drug-likeness (QED) is 0.846. The van der Waals surface area contributed by atoms with E-state index in [4.69, 9.17) is 4.74 Å². The van der Waals surface area contributed by atoms with Crippen molar-refractivity contribution in [1.82, 2.24) is 4.90 Å². The van der Waals surface area contributed by atoms with Crippen molar-refractivity contribution in [3.8, 4) is 0 Å². The highest BCUT2D eigenvalue weighted by Gasteiger charge is 2.18. The van der Waals surface area contributed by atoms with E-state index in [1.807, 2.05) is 0 Å². The Kier molecular flexibility index (Phi) is 4.38. The predicted octanol–water partition coefficient (Wildman–Crippen LogP) is 3.06. The Morgan fingerprint density at radius 3 is 2.69 bits per heavy atom. The molecular weight excluding hydrogens is 266 g/mol. The van der Waals surface area contributed by atoms with E-state index in [2.05, 4.69) is 52.1 Å². The molecule has 16 heavy (non-hydrogen) atoms. The van der Waals surface area contributed by atoms with E-state index in [1.165, 1.54) is 10.0 Å². The molecule has 1 heterocycles. The molecule has 0 aliphatic carbocycles. The Hall–Kier alpha value is -0.380. The average Bonchev–Trinajstić information content (AvgIpc) is 2.33. The van der Waals surface area contributed by atoms with Crippen molar-refractivity contribution in [3.63, 3.8) is 0 Å². The molecule has 0 radical (unpaired) electrons. The van der Waals surface area contributed by atoms with Gasteiger partial charge in [-0.3, -0.25) is 4.90 Å². The summed E-state index contributed by atoms with van der Waals surface area (Å²) < 4.78 is 6.59. The van der Waals surface area contributed by atoms with E-state index in [1.54, 1.807) is 0 Å². The first-order valence-corrected chi connectivity index (χ1v) is 6.58. The van der Waals surface area contributed by atoms with Crippen LogP contribution in [0, 0.1) is 0 Å². The van der Waals surface area contributed by atoms with Gasteiger partial charge in [0.05, 0.1) is 0 Å². The molecule has 0 bridgehead atoms. The third-order valence-electron chi connectivity index (χ3n) is 3.19. The maximum Gasteiger partial charge on any atom is 0.0480 e. The average molecular weight is 284 g/mol. The minimum Gasteiger partial charge on any atom is -0.381 e. The molecule has 2 nitrogen and oxygen atoms in total. The second-order valence-electron chi connectivity index (χ2n) is 4.35. The largest absolute Gasteiger partial charge is 0.381 e. The summed E-state index contributed by atoms with van der Waals surface area (Å²) in [6.07, 6.45) is 2.31. The van der Waals surface area contributed by atoms with Gasteiger partial charge < -0.3 is 4.74 Å². The minimum absolute atomic E-state index is 0.667. The highest BCUT2D eigenvalue weighted by atomic mass is 79.9. The van der Waals surface area contributed by atoms with Crippen LogP contribution in [0.25, 0.3) is 0 Å². The van der Waals surface area contributed by atoms with Gasteiger partial charge in [0.1, 0.15) is 0 Å². The highest BCUT2D eigenvalue weighted by molar-refractivity contribution is 9.10. The topological polar surface area (TPSA) is 12.5 Å². The molecule has 1 saturated heterocycles. The van der Waals surface area contributed by atoms with Crippen LogP contribution in [-0.4, -0.2) is 31.2 Å². The van der Waals surface area contributed by atoms with Crippen LogP contribution in [0.1, 0.15) is 18.4 Å². The van der Waals surface area contributed by atoms with Crippen LogP contribution in [0.15, 0.2) is 28.7 Å². The molecule has 0 aromatic heterocycles. The van der Waals surface area contributed by atoms with E-state index < -0.39 is 0 Å². The molecule has 1 aliphatic heterocycles. The lowest BCUT2D eigenvalue weighted by Gasteiger charge is -2.31. The summed E-state index contributed by atoms with van der Waals surface area (Å²) >= 11 is 3.60. The summed E-state index contributed by atoms with van der Waals surface area (Å²) in [6.45, 7) is 2.82. The fourth-order valence-corrected chi connectivity index (χ4v) is 2.56. The van der Waals surface area contributed by atoms with Gasteiger partial charge in [0, 0.05) is 30.3 Å². The number of rotatable bonds is 3. The zero-order chi connectivity index (χ0) is 11.4. The third-order valence-corrected chi connectivity index (χ3v) is 3.97. The Morgan fingerprint density at radius 2 is 2.00 bits per heavy atom. The van der Waals surface area contributed by atoms with Crippen LogP contribution in [0.3, 0.4) is 0 Å². The van der Waals surface area contributed by atoms with Crippen molar-refractivity contribution in [1.29, 1.82) is 0 Å². The smallest absolute Gasteiger partial charge is 0.0480 e. The summed E-state index contributed by atoms with van der Waals surface area (Å²) in [7, 11) is 2.20. The zero-order valence-corrected chi connectivity index (χ0v) is 11.2. The Balaban J connectivity index is 1.96. The van der Waals surface area contributed by atoms with Crippen LogP contribution in [0.5, 0.6) is 0 Å². The van der Waals surface area contributed by atoms with E-state index in [0.717, 1.165) is 32.6 Å². The number of ether oxygens (including phenoxy) is 1. The van der Waals surface area contributed by atoms with Gasteiger partial charge in [-0.25, -0.2) is 0 Å². The fourth-order valence-electron chi connectivity index (χ4n) is 2.15. The van der Waals surface area contributed by atoms with Crippen LogP contribution < -0.4 is 0 Å². The number of hydrogen-bond acceptors (Lipinski definition) is 2. The predicted molar refractivity (Wildman–Crippen MR) is 69.5 cm³/mol. The number of nitrogens with zero attached hydrogens (tertiary/aromatic N) is 1. The fraction of sp³-hybridized carbons (Fsp3) is 0.538. The molecule has 0 saturated carbocycles. The molecule has 88 valence electrons. The monoisotopic (exact) mass is 283 g/mol. The van der Waals surface area contributed by atoms with E-state index >= 15 is 0 Å². The van der Waals surface area contributed by atoms with Crippen molar-refractivity contribution in [2.45, 2.75) is 25.4 Å². The summed E-state index contributed by atoms with van der Waals surface area (Å²) in [4.78, 5) is 2.43. The molecule has 0 spiro atoms. The Labute approximate surface area is 106 Å². The van der Waals surface area contributed by atoms with Gasteiger partial charge in [0.15, 0.2) is 0 Å². The standard InChI is InChI=1S/C13H18BrNO/c1-15(12-6-8-16-9-7-12)10-11-4-2-3-5-13(11)14/h2-5,12H,6-10H2,1H3. The summed E-state index contributed by atoms with van der Waals surface area (Å²) in [5, 5.41) is 0. The lowest BCUT2D eigenvalue weighted by molar-refractivity contribution is 0.0406. The van der Waals surface area contributed by atoms with Gasteiger partial charge >= 0.3 is 0 Å². The number of halogens is 1. The SMILES string of the molecule is CN(Cc1ccccc1Br)C1CCOCC1. The van der Waals surface area contributed by atoms with Crippen molar-refractivity contribution < 1.29 is 4.74 Å². The first kappa shape index (κ1) is 12.1. The first-order chi connectivity index (χ1) is 7.77. The molecule has 0 unspecified atom stereocenters. The summed E-state index contributed by atoms with van der Waals surface area (Å²) in [5.74, 6) is 0.